The summed E-state index contributed by atoms with van der Waals surface area (Å²) in [6.07, 6.45) is 0. The van der Waals surface area contributed by atoms with Crippen molar-refractivity contribution in [1.29, 1.82) is 0 Å². The summed E-state index contributed by atoms with van der Waals surface area (Å²) >= 11 is 13.3. The van der Waals surface area contributed by atoms with E-state index in [0.717, 1.165) is 4.70 Å². The monoisotopic (exact) mass is 425 g/mol. The van der Waals surface area contributed by atoms with Crippen LogP contribution in [-0.4, -0.2) is 5.91 Å². The molecule has 3 aromatic carbocycles. The van der Waals surface area contributed by atoms with Crippen LogP contribution in [0.4, 0.5) is 5.00 Å². The molecule has 1 aromatic heterocycles. The fourth-order valence-electron chi connectivity index (χ4n) is 2.89. The van der Waals surface area contributed by atoms with Crippen LogP contribution in [0.3, 0.4) is 0 Å². The first-order valence-electron chi connectivity index (χ1n) is 8.41. The van der Waals surface area contributed by atoms with Crippen molar-refractivity contribution in [3.8, 4) is 11.1 Å². The SMILES string of the molecule is O=C(Nc1sc2ccccc2c(=O)c1-c1ccc(Cl)cc1)c1ccc(Cl)cc1. The first-order valence-corrected chi connectivity index (χ1v) is 9.99. The molecule has 1 heterocycles. The Bertz CT molecular complexity index is 1230. The standard InChI is InChI=1S/C22H13Cl2NO2S/c23-15-9-5-13(6-10-15)19-20(26)17-3-1-2-4-18(17)28-22(19)25-21(27)14-7-11-16(24)12-8-14/h1-12H,(H,25,27). The van der Waals surface area contributed by atoms with Gasteiger partial charge in [0.2, 0.25) is 0 Å². The van der Waals surface area contributed by atoms with Gasteiger partial charge in [0.15, 0.2) is 5.43 Å². The van der Waals surface area contributed by atoms with Gasteiger partial charge in [0.1, 0.15) is 5.00 Å². The third-order valence-electron chi connectivity index (χ3n) is 4.26. The van der Waals surface area contributed by atoms with Gasteiger partial charge < -0.3 is 5.32 Å². The van der Waals surface area contributed by atoms with Crippen LogP contribution in [0.25, 0.3) is 21.2 Å². The van der Waals surface area contributed by atoms with Gasteiger partial charge in [0.05, 0.1) is 5.56 Å². The van der Waals surface area contributed by atoms with Crippen LogP contribution in [0.15, 0.2) is 77.6 Å². The lowest BCUT2D eigenvalue weighted by Gasteiger charge is -2.12. The fourth-order valence-corrected chi connectivity index (χ4v) is 4.23. The zero-order chi connectivity index (χ0) is 19.7. The molecule has 0 unspecified atom stereocenters. The van der Waals surface area contributed by atoms with Gasteiger partial charge in [-0.1, -0.05) is 47.5 Å². The average Bonchev–Trinajstić information content (AvgIpc) is 2.70. The number of rotatable bonds is 3. The van der Waals surface area contributed by atoms with Crippen molar-refractivity contribution < 1.29 is 4.79 Å². The number of nitrogens with one attached hydrogen (secondary N) is 1. The first-order chi connectivity index (χ1) is 13.5. The Balaban J connectivity index is 1.87. The third-order valence-corrected chi connectivity index (χ3v) is 5.85. The highest BCUT2D eigenvalue weighted by Crippen LogP contribution is 2.34. The topological polar surface area (TPSA) is 46.2 Å². The smallest absolute Gasteiger partial charge is 0.256 e. The van der Waals surface area contributed by atoms with Crippen LogP contribution in [0.5, 0.6) is 0 Å². The number of benzene rings is 3. The van der Waals surface area contributed by atoms with Crippen molar-refractivity contribution in [2.75, 3.05) is 5.32 Å². The molecule has 0 fully saturated rings. The van der Waals surface area contributed by atoms with Gasteiger partial charge in [0, 0.05) is 25.7 Å². The number of anilines is 1. The molecular formula is C22H13Cl2NO2S. The summed E-state index contributed by atoms with van der Waals surface area (Å²) in [6.45, 7) is 0. The molecule has 3 nitrogen and oxygen atoms in total. The van der Waals surface area contributed by atoms with Gasteiger partial charge in [-0.25, -0.2) is 0 Å². The van der Waals surface area contributed by atoms with Crippen LogP contribution in [0.2, 0.25) is 10.0 Å². The summed E-state index contributed by atoms with van der Waals surface area (Å²) in [4.78, 5) is 25.9. The number of fused-ring (bicyclic) bond motifs is 1. The van der Waals surface area contributed by atoms with E-state index in [2.05, 4.69) is 5.32 Å². The lowest BCUT2D eigenvalue weighted by atomic mass is 10.1. The van der Waals surface area contributed by atoms with E-state index in [-0.39, 0.29) is 11.3 Å². The molecule has 6 heteroatoms. The molecule has 0 spiro atoms. The highest BCUT2D eigenvalue weighted by atomic mass is 35.5. The second-order valence-corrected chi connectivity index (χ2v) is 8.02. The summed E-state index contributed by atoms with van der Waals surface area (Å²) in [5.74, 6) is -0.308. The number of hydrogen-bond donors (Lipinski definition) is 1. The Morgan fingerprint density at radius 1 is 0.821 bits per heavy atom. The molecule has 0 aliphatic carbocycles. The molecule has 4 aromatic rings. The largest absolute Gasteiger partial charge is 0.313 e. The Morgan fingerprint density at radius 2 is 1.43 bits per heavy atom. The van der Waals surface area contributed by atoms with Crippen molar-refractivity contribution in [3.05, 3.63) is 98.6 Å². The minimum absolute atomic E-state index is 0.136. The average molecular weight is 426 g/mol. The van der Waals surface area contributed by atoms with E-state index in [0.29, 0.717) is 37.1 Å². The Kier molecular flexibility index (Phi) is 5.18. The predicted molar refractivity (Wildman–Crippen MR) is 118 cm³/mol. The van der Waals surface area contributed by atoms with E-state index >= 15 is 0 Å². The van der Waals surface area contributed by atoms with Gasteiger partial charge in [-0.05, 0) is 54.1 Å². The minimum Gasteiger partial charge on any atom is -0.313 e. The highest BCUT2D eigenvalue weighted by molar-refractivity contribution is 7.22. The number of halogens is 2. The van der Waals surface area contributed by atoms with Crippen LogP contribution in [-0.2, 0) is 0 Å². The molecule has 0 saturated carbocycles. The van der Waals surface area contributed by atoms with Gasteiger partial charge in [-0.3, -0.25) is 9.59 Å². The Labute approximate surface area is 175 Å². The van der Waals surface area contributed by atoms with E-state index in [1.165, 1.54) is 11.3 Å². The first kappa shape index (κ1) is 18.7. The van der Waals surface area contributed by atoms with Crippen LogP contribution >= 0.6 is 34.5 Å². The molecule has 4 rings (SSSR count). The van der Waals surface area contributed by atoms with Crippen LogP contribution in [0.1, 0.15) is 10.4 Å². The molecule has 0 atom stereocenters. The van der Waals surface area contributed by atoms with Crippen molar-refractivity contribution in [2.24, 2.45) is 0 Å². The summed E-state index contributed by atoms with van der Waals surface area (Å²) in [6, 6.07) is 20.9. The van der Waals surface area contributed by atoms with Crippen LogP contribution < -0.4 is 10.7 Å². The van der Waals surface area contributed by atoms with Crippen molar-refractivity contribution in [3.63, 3.8) is 0 Å². The maximum atomic E-state index is 13.2. The molecule has 1 amide bonds. The molecule has 0 bridgehead atoms. The van der Waals surface area contributed by atoms with Crippen LogP contribution in [0, 0.1) is 0 Å². The second kappa shape index (κ2) is 7.76. The summed E-state index contributed by atoms with van der Waals surface area (Å²) in [7, 11) is 0. The number of hydrogen-bond acceptors (Lipinski definition) is 3. The maximum Gasteiger partial charge on any atom is 0.256 e. The normalized spacial score (nSPS) is 10.8. The number of amides is 1. The van der Waals surface area contributed by atoms with Gasteiger partial charge in [-0.2, -0.15) is 0 Å². The summed E-state index contributed by atoms with van der Waals surface area (Å²) < 4.78 is 0.802. The molecule has 0 aliphatic heterocycles. The van der Waals surface area contributed by atoms with E-state index < -0.39 is 0 Å². The third kappa shape index (κ3) is 3.67. The predicted octanol–water partition coefficient (Wildman–Crippen LogP) is 6.49. The van der Waals surface area contributed by atoms with E-state index in [4.69, 9.17) is 23.2 Å². The molecule has 138 valence electrons. The zero-order valence-electron chi connectivity index (χ0n) is 14.4. The molecule has 0 radical (unpaired) electrons. The second-order valence-electron chi connectivity index (χ2n) is 6.10. The van der Waals surface area contributed by atoms with Gasteiger partial charge in [-0.15, -0.1) is 11.3 Å². The van der Waals surface area contributed by atoms with Gasteiger partial charge in [0.25, 0.3) is 5.91 Å². The van der Waals surface area contributed by atoms with E-state index in [9.17, 15) is 9.59 Å². The molecule has 1 N–H and O–H groups in total. The lowest BCUT2D eigenvalue weighted by Crippen LogP contribution is -2.15. The highest BCUT2D eigenvalue weighted by Gasteiger charge is 2.17. The number of carbonyl (C=O) groups excluding carboxylic acids is 1. The minimum atomic E-state index is -0.308. The maximum absolute atomic E-state index is 13.2. The zero-order valence-corrected chi connectivity index (χ0v) is 16.7. The van der Waals surface area contributed by atoms with Crippen molar-refractivity contribution >= 4 is 55.5 Å². The van der Waals surface area contributed by atoms with Gasteiger partial charge >= 0.3 is 0 Å². The number of carbonyl (C=O) groups is 1. The summed E-state index contributed by atoms with van der Waals surface area (Å²) in [5.41, 5.74) is 1.47. The van der Waals surface area contributed by atoms with Crippen molar-refractivity contribution in [2.45, 2.75) is 0 Å². The molecule has 0 aliphatic rings. The molecule has 0 saturated heterocycles. The Hall–Kier alpha value is -2.66. The molecule has 28 heavy (non-hydrogen) atoms. The lowest BCUT2D eigenvalue weighted by molar-refractivity contribution is 0.102. The summed E-state index contributed by atoms with van der Waals surface area (Å²) in [5, 5.41) is 5.13. The van der Waals surface area contributed by atoms with E-state index in [1.54, 1.807) is 54.6 Å². The molecular weight excluding hydrogens is 413 g/mol. The fraction of sp³-hybridized carbons (Fsp3) is 0. The Morgan fingerprint density at radius 3 is 2.11 bits per heavy atom. The quantitative estimate of drug-likeness (QED) is 0.407. The van der Waals surface area contributed by atoms with E-state index in [1.807, 2.05) is 18.2 Å². The van der Waals surface area contributed by atoms with Crippen molar-refractivity contribution in [1.82, 2.24) is 0 Å².